The lowest BCUT2D eigenvalue weighted by molar-refractivity contribution is -0.140. The molecule has 0 amide bonds. The fraction of sp³-hybridized carbons (Fsp3) is 0.231. The maximum atomic E-state index is 13.7. The normalized spacial score (nSPS) is 15.2. The van der Waals surface area contributed by atoms with E-state index in [1.807, 2.05) is 30.5 Å². The minimum absolute atomic E-state index is 0.0396. The topological polar surface area (TPSA) is 107 Å². The van der Waals surface area contributed by atoms with Crippen LogP contribution in [-0.2, 0) is 14.3 Å². The highest BCUT2D eigenvalue weighted by atomic mass is 35.5. The Bertz CT molecular complexity index is 1600. The summed E-state index contributed by atoms with van der Waals surface area (Å²) >= 11 is 15.3. The Morgan fingerprint density at radius 1 is 1.21 bits per heavy atom. The zero-order chi connectivity index (χ0) is 27.6. The molecule has 0 radical (unpaired) electrons. The van der Waals surface area contributed by atoms with Crippen molar-refractivity contribution in [2.45, 2.75) is 24.8 Å². The molecule has 0 unspecified atom stereocenters. The van der Waals surface area contributed by atoms with E-state index < -0.39 is 24.6 Å². The summed E-state index contributed by atoms with van der Waals surface area (Å²) in [7, 11) is 0. The standard InChI is InChI=1S/C26H22Cl2N2O6S2/c1-4-35-25(34)21-13(2)29-26-30(22(21)15-5-7-16(37-3)8-6-15)24(33)19(38-26)11-14-9-17(27)23(18(28)10-14)36-12-20(31)32/h5-11,22H,4,12H2,1-3H3,(H,31,32)/b19-11-/t22-/m0/s1. The molecule has 8 nitrogen and oxygen atoms in total. The molecule has 1 atom stereocenters. The van der Waals surface area contributed by atoms with Gasteiger partial charge in [-0.05, 0) is 61.6 Å². The van der Waals surface area contributed by atoms with Gasteiger partial charge in [0.15, 0.2) is 17.2 Å². The number of ether oxygens (including phenoxy) is 2. The first kappa shape index (κ1) is 28.0. The number of carboxylic acids is 1. The highest BCUT2D eigenvalue weighted by molar-refractivity contribution is 7.98. The van der Waals surface area contributed by atoms with E-state index >= 15 is 0 Å². The van der Waals surface area contributed by atoms with Crippen LogP contribution in [0.2, 0.25) is 10.0 Å². The lowest BCUT2D eigenvalue weighted by atomic mass is 9.96. The fourth-order valence-corrected chi connectivity index (χ4v) is 6.05. The Morgan fingerprint density at radius 2 is 1.87 bits per heavy atom. The SMILES string of the molecule is CCOC(=O)C1=C(C)N=c2s/c(=C\c3cc(Cl)c(OCC(=O)O)c(Cl)c3)c(=O)n2[C@H]1c1ccc(SC)cc1. The first-order chi connectivity index (χ1) is 18.1. The molecule has 1 N–H and O–H groups in total. The first-order valence-corrected chi connectivity index (χ1v) is 14.1. The van der Waals surface area contributed by atoms with Crippen LogP contribution < -0.4 is 19.6 Å². The van der Waals surface area contributed by atoms with E-state index in [1.54, 1.807) is 31.7 Å². The van der Waals surface area contributed by atoms with E-state index in [2.05, 4.69) is 4.99 Å². The fourth-order valence-electron chi connectivity index (χ4n) is 3.98. The molecule has 0 aliphatic carbocycles. The summed E-state index contributed by atoms with van der Waals surface area (Å²) in [5.74, 6) is -1.66. The van der Waals surface area contributed by atoms with Crippen LogP contribution in [0.1, 0.15) is 31.0 Å². The van der Waals surface area contributed by atoms with Crippen LogP contribution in [0.3, 0.4) is 0 Å². The van der Waals surface area contributed by atoms with Gasteiger partial charge in [0.25, 0.3) is 5.56 Å². The zero-order valence-corrected chi connectivity index (χ0v) is 23.6. The van der Waals surface area contributed by atoms with Gasteiger partial charge in [0, 0.05) is 4.90 Å². The molecular formula is C26H22Cl2N2O6S2. The second kappa shape index (κ2) is 11.8. The van der Waals surface area contributed by atoms with Gasteiger partial charge in [-0.3, -0.25) is 9.36 Å². The van der Waals surface area contributed by atoms with Gasteiger partial charge in [-0.2, -0.15) is 0 Å². The number of thioether (sulfide) groups is 1. The van der Waals surface area contributed by atoms with Gasteiger partial charge in [0.1, 0.15) is 0 Å². The predicted molar refractivity (Wildman–Crippen MR) is 148 cm³/mol. The number of rotatable bonds is 8. The number of thiazole rings is 1. The monoisotopic (exact) mass is 592 g/mol. The summed E-state index contributed by atoms with van der Waals surface area (Å²) < 4.78 is 12.3. The van der Waals surface area contributed by atoms with Crippen molar-refractivity contribution in [3.8, 4) is 5.75 Å². The molecule has 2 heterocycles. The first-order valence-electron chi connectivity index (χ1n) is 11.3. The number of fused-ring (bicyclic) bond motifs is 1. The summed E-state index contributed by atoms with van der Waals surface area (Å²) in [4.78, 5) is 43.6. The maximum Gasteiger partial charge on any atom is 0.341 e. The summed E-state index contributed by atoms with van der Waals surface area (Å²) in [5.41, 5.74) is 1.68. The summed E-state index contributed by atoms with van der Waals surface area (Å²) in [5, 5.41) is 9.06. The molecule has 0 spiro atoms. The zero-order valence-electron chi connectivity index (χ0n) is 20.5. The van der Waals surface area contributed by atoms with E-state index in [9.17, 15) is 14.4 Å². The lowest BCUT2D eigenvalue weighted by Gasteiger charge is -2.24. The molecule has 0 bridgehead atoms. The molecule has 0 fully saturated rings. The molecule has 198 valence electrons. The highest BCUT2D eigenvalue weighted by Gasteiger charge is 2.33. The molecule has 3 aromatic rings. The van der Waals surface area contributed by atoms with Crippen molar-refractivity contribution >= 4 is 64.3 Å². The quantitative estimate of drug-likeness (QED) is 0.307. The van der Waals surface area contributed by atoms with Crippen molar-refractivity contribution < 1.29 is 24.2 Å². The van der Waals surface area contributed by atoms with E-state index in [1.165, 1.54) is 28.0 Å². The van der Waals surface area contributed by atoms with E-state index in [0.717, 1.165) is 10.5 Å². The van der Waals surface area contributed by atoms with Crippen molar-refractivity contribution in [2.24, 2.45) is 4.99 Å². The third-order valence-corrected chi connectivity index (χ3v) is 7.89. The summed E-state index contributed by atoms with van der Waals surface area (Å²) in [6.45, 7) is 3.03. The number of aliphatic carboxylic acids is 1. The predicted octanol–water partition coefficient (Wildman–Crippen LogP) is 4.29. The number of halogens is 2. The van der Waals surface area contributed by atoms with Gasteiger partial charge in [-0.1, -0.05) is 46.7 Å². The number of carboxylic acid groups (broad SMARTS) is 1. The van der Waals surface area contributed by atoms with Crippen molar-refractivity contribution in [1.29, 1.82) is 0 Å². The second-order valence-electron chi connectivity index (χ2n) is 8.07. The van der Waals surface area contributed by atoms with Gasteiger partial charge >= 0.3 is 11.9 Å². The van der Waals surface area contributed by atoms with Crippen LogP contribution in [0.25, 0.3) is 6.08 Å². The van der Waals surface area contributed by atoms with Crippen LogP contribution in [0.5, 0.6) is 5.75 Å². The minimum atomic E-state index is -1.17. The number of aromatic nitrogens is 1. The Hall–Kier alpha value is -3.05. The molecule has 38 heavy (non-hydrogen) atoms. The molecule has 4 rings (SSSR count). The molecule has 1 aliphatic heterocycles. The molecule has 2 aromatic carbocycles. The van der Waals surface area contributed by atoms with Gasteiger partial charge in [-0.25, -0.2) is 14.6 Å². The number of hydrogen-bond donors (Lipinski definition) is 1. The third kappa shape index (κ3) is 5.68. The van der Waals surface area contributed by atoms with Crippen molar-refractivity contribution in [3.05, 3.63) is 88.5 Å². The summed E-state index contributed by atoms with van der Waals surface area (Å²) in [6, 6.07) is 9.98. The smallest absolute Gasteiger partial charge is 0.341 e. The molecular weight excluding hydrogens is 571 g/mol. The van der Waals surface area contributed by atoms with E-state index in [0.29, 0.717) is 26.2 Å². The van der Waals surface area contributed by atoms with Crippen LogP contribution in [0, 0.1) is 0 Å². The number of nitrogens with zero attached hydrogens (tertiary/aromatic N) is 2. The number of hydrogen-bond acceptors (Lipinski definition) is 8. The Kier molecular flexibility index (Phi) is 8.67. The van der Waals surface area contributed by atoms with E-state index in [-0.39, 0.29) is 28.0 Å². The van der Waals surface area contributed by atoms with E-state index in [4.69, 9.17) is 37.8 Å². The largest absolute Gasteiger partial charge is 0.479 e. The van der Waals surface area contributed by atoms with Crippen LogP contribution in [0.4, 0.5) is 0 Å². The molecule has 12 heteroatoms. The van der Waals surface area contributed by atoms with Crippen LogP contribution in [0.15, 0.2) is 62.4 Å². The molecule has 1 aromatic heterocycles. The summed E-state index contributed by atoms with van der Waals surface area (Å²) in [6.07, 6.45) is 3.58. The number of benzene rings is 2. The molecule has 0 saturated heterocycles. The van der Waals surface area contributed by atoms with Gasteiger partial charge in [-0.15, -0.1) is 11.8 Å². The lowest BCUT2D eigenvalue weighted by Crippen LogP contribution is -2.39. The van der Waals surface area contributed by atoms with Crippen molar-refractivity contribution in [2.75, 3.05) is 19.5 Å². The minimum Gasteiger partial charge on any atom is -0.479 e. The Morgan fingerprint density at radius 3 is 2.45 bits per heavy atom. The Balaban J connectivity index is 1.86. The average molecular weight is 594 g/mol. The number of esters is 1. The molecule has 0 saturated carbocycles. The van der Waals surface area contributed by atoms with Crippen LogP contribution in [-0.4, -0.2) is 41.1 Å². The van der Waals surface area contributed by atoms with Gasteiger partial charge < -0.3 is 14.6 Å². The van der Waals surface area contributed by atoms with Crippen molar-refractivity contribution in [1.82, 2.24) is 4.57 Å². The average Bonchev–Trinajstić information content (AvgIpc) is 3.16. The second-order valence-corrected chi connectivity index (χ2v) is 10.8. The van der Waals surface area contributed by atoms with Crippen LogP contribution >= 0.6 is 46.3 Å². The molecule has 1 aliphatic rings. The maximum absolute atomic E-state index is 13.7. The highest BCUT2D eigenvalue weighted by Crippen LogP contribution is 2.35. The van der Waals surface area contributed by atoms with Gasteiger partial charge in [0.2, 0.25) is 0 Å². The third-order valence-electron chi connectivity index (χ3n) is 5.61. The number of carbonyl (C=O) groups is 2. The van der Waals surface area contributed by atoms with Gasteiger partial charge in [0.05, 0.1) is 38.5 Å². The number of carbonyl (C=O) groups excluding carboxylic acids is 1. The van der Waals surface area contributed by atoms with Crippen molar-refractivity contribution in [3.63, 3.8) is 0 Å². The Labute approximate surface area is 235 Å². The number of allylic oxidation sites excluding steroid dienone is 1.